The molecular weight excluding hydrogens is 362 g/mol. The minimum atomic E-state index is 0.0195. The zero-order valence-corrected chi connectivity index (χ0v) is 16.6. The second-order valence-corrected chi connectivity index (χ2v) is 8.26. The van der Waals surface area contributed by atoms with E-state index in [0.29, 0.717) is 12.5 Å². The highest BCUT2D eigenvalue weighted by atomic mass is 16.1. The van der Waals surface area contributed by atoms with E-state index in [1.54, 1.807) is 6.33 Å². The summed E-state index contributed by atoms with van der Waals surface area (Å²) in [4.78, 5) is 27.2. The molecule has 29 heavy (non-hydrogen) atoms. The van der Waals surface area contributed by atoms with Crippen LogP contribution in [0.2, 0.25) is 0 Å². The molecule has 1 saturated carbocycles. The number of hydrogen-bond donors (Lipinski definition) is 2. The summed E-state index contributed by atoms with van der Waals surface area (Å²) >= 11 is 0. The molecule has 1 atom stereocenters. The van der Waals surface area contributed by atoms with E-state index in [0.717, 1.165) is 49.4 Å². The summed E-state index contributed by atoms with van der Waals surface area (Å²) in [6.45, 7) is 2.36. The van der Waals surface area contributed by atoms with E-state index in [1.165, 1.54) is 23.8 Å². The summed E-state index contributed by atoms with van der Waals surface area (Å²) in [5.74, 6) is 1.76. The zero-order valence-electron chi connectivity index (χ0n) is 16.6. The highest BCUT2D eigenvalue weighted by molar-refractivity contribution is 5.83. The van der Waals surface area contributed by atoms with Gasteiger partial charge >= 0.3 is 0 Å². The van der Waals surface area contributed by atoms with Gasteiger partial charge in [0.15, 0.2) is 0 Å². The third kappa shape index (κ3) is 3.97. The lowest BCUT2D eigenvalue weighted by atomic mass is 9.97. The maximum absolute atomic E-state index is 12.8. The van der Waals surface area contributed by atoms with Crippen molar-refractivity contribution in [3.05, 3.63) is 54.1 Å². The van der Waals surface area contributed by atoms with Crippen molar-refractivity contribution in [2.45, 2.75) is 38.0 Å². The Labute approximate surface area is 170 Å². The van der Waals surface area contributed by atoms with Crippen molar-refractivity contribution in [2.24, 2.45) is 5.92 Å². The third-order valence-corrected chi connectivity index (χ3v) is 6.15. The number of aromatic amines is 1. The molecule has 3 heterocycles. The number of amides is 1. The van der Waals surface area contributed by atoms with E-state index < -0.39 is 0 Å². The molecule has 1 amide bonds. The molecular formula is C23H27N5O. The summed E-state index contributed by atoms with van der Waals surface area (Å²) in [7, 11) is 0. The first-order valence-corrected chi connectivity index (χ1v) is 10.7. The van der Waals surface area contributed by atoms with Crippen LogP contribution in [0.5, 0.6) is 0 Å². The molecule has 6 heteroatoms. The van der Waals surface area contributed by atoms with Crippen LogP contribution in [0.25, 0.3) is 10.9 Å². The Balaban J connectivity index is 1.17. The largest absolute Gasteiger partial charge is 0.361 e. The minimum Gasteiger partial charge on any atom is -0.361 e. The first kappa shape index (κ1) is 18.2. The Kier molecular flexibility index (Phi) is 4.92. The number of benzene rings is 1. The molecule has 150 valence electrons. The van der Waals surface area contributed by atoms with Crippen molar-refractivity contribution in [3.63, 3.8) is 0 Å². The molecule has 0 spiro atoms. The molecule has 2 aliphatic rings. The predicted molar refractivity (Wildman–Crippen MR) is 114 cm³/mol. The number of piperidine rings is 1. The Bertz CT molecular complexity index is 1010. The van der Waals surface area contributed by atoms with Gasteiger partial charge in [0.1, 0.15) is 12.1 Å². The molecule has 1 aromatic carbocycles. The minimum absolute atomic E-state index is 0.0195. The third-order valence-electron chi connectivity index (χ3n) is 6.15. The number of aromatic nitrogens is 3. The first-order chi connectivity index (χ1) is 14.3. The van der Waals surface area contributed by atoms with Crippen LogP contribution in [0, 0.1) is 5.92 Å². The first-order valence-electron chi connectivity index (χ1n) is 10.7. The van der Waals surface area contributed by atoms with Gasteiger partial charge in [0.05, 0.1) is 5.92 Å². The van der Waals surface area contributed by atoms with Gasteiger partial charge in [0.25, 0.3) is 0 Å². The van der Waals surface area contributed by atoms with Crippen LogP contribution >= 0.6 is 0 Å². The molecule has 1 aliphatic heterocycles. The Hall–Kier alpha value is -2.89. The Morgan fingerprint density at radius 1 is 1.21 bits per heavy atom. The summed E-state index contributed by atoms with van der Waals surface area (Å²) < 4.78 is 0. The van der Waals surface area contributed by atoms with Crippen LogP contribution in [0.1, 0.15) is 42.9 Å². The van der Waals surface area contributed by atoms with Gasteiger partial charge in [-0.05, 0) is 43.7 Å². The molecule has 6 nitrogen and oxygen atoms in total. The van der Waals surface area contributed by atoms with Gasteiger partial charge in [0.2, 0.25) is 5.91 Å². The number of H-pyrrole nitrogens is 1. The Morgan fingerprint density at radius 2 is 2.10 bits per heavy atom. The molecule has 0 bridgehead atoms. The molecule has 2 aromatic heterocycles. The number of carbonyl (C=O) groups is 1. The van der Waals surface area contributed by atoms with Crippen molar-refractivity contribution in [1.82, 2.24) is 20.3 Å². The zero-order chi connectivity index (χ0) is 19.6. The Morgan fingerprint density at radius 3 is 3.00 bits per heavy atom. The monoisotopic (exact) mass is 389 g/mol. The fourth-order valence-corrected chi connectivity index (χ4v) is 4.34. The van der Waals surface area contributed by atoms with Gasteiger partial charge in [-0.25, -0.2) is 9.97 Å². The van der Waals surface area contributed by atoms with Gasteiger partial charge in [-0.15, -0.1) is 0 Å². The average Bonchev–Trinajstić information content (AvgIpc) is 3.55. The number of para-hydroxylation sites is 1. The van der Waals surface area contributed by atoms with Gasteiger partial charge in [0, 0.05) is 54.4 Å². The van der Waals surface area contributed by atoms with Crippen molar-refractivity contribution in [2.75, 3.05) is 24.5 Å². The van der Waals surface area contributed by atoms with Crippen LogP contribution in [-0.2, 0) is 11.2 Å². The molecule has 1 aliphatic carbocycles. The lowest BCUT2D eigenvalue weighted by Gasteiger charge is -2.33. The highest BCUT2D eigenvalue weighted by Gasteiger charge is 2.29. The quantitative estimate of drug-likeness (QED) is 0.678. The van der Waals surface area contributed by atoms with E-state index in [2.05, 4.69) is 49.4 Å². The number of nitrogens with zero attached hydrogens (tertiary/aromatic N) is 3. The molecule has 0 radical (unpaired) electrons. The molecule has 2 N–H and O–H groups in total. The maximum Gasteiger partial charge on any atom is 0.224 e. The molecule has 5 rings (SSSR count). The van der Waals surface area contributed by atoms with Crippen LogP contribution < -0.4 is 10.2 Å². The van der Waals surface area contributed by atoms with Gasteiger partial charge in [-0.2, -0.15) is 0 Å². The van der Waals surface area contributed by atoms with Crippen LogP contribution in [-0.4, -0.2) is 40.5 Å². The number of rotatable bonds is 6. The molecule has 1 unspecified atom stereocenters. The van der Waals surface area contributed by atoms with Crippen molar-refractivity contribution in [1.29, 1.82) is 0 Å². The second kappa shape index (κ2) is 7.85. The van der Waals surface area contributed by atoms with Gasteiger partial charge in [-0.3, -0.25) is 4.79 Å². The average molecular weight is 390 g/mol. The van der Waals surface area contributed by atoms with E-state index in [-0.39, 0.29) is 11.8 Å². The fourth-order valence-electron chi connectivity index (χ4n) is 4.34. The van der Waals surface area contributed by atoms with Crippen LogP contribution in [0.15, 0.2) is 42.9 Å². The van der Waals surface area contributed by atoms with Crippen molar-refractivity contribution >= 4 is 22.6 Å². The lowest BCUT2D eigenvalue weighted by molar-refractivity contribution is -0.125. The topological polar surface area (TPSA) is 73.9 Å². The number of hydrogen-bond acceptors (Lipinski definition) is 4. The number of fused-ring (bicyclic) bond motifs is 1. The fraction of sp³-hybridized carbons (Fsp3) is 0.435. The van der Waals surface area contributed by atoms with Crippen molar-refractivity contribution < 1.29 is 4.79 Å². The number of nitrogens with one attached hydrogen (secondary N) is 2. The van der Waals surface area contributed by atoms with E-state index in [4.69, 9.17) is 0 Å². The molecule has 2 fully saturated rings. The van der Waals surface area contributed by atoms with E-state index >= 15 is 0 Å². The highest BCUT2D eigenvalue weighted by Crippen LogP contribution is 2.39. The molecule has 3 aromatic rings. The van der Waals surface area contributed by atoms with Gasteiger partial charge < -0.3 is 15.2 Å². The maximum atomic E-state index is 12.8. The molecule has 1 saturated heterocycles. The summed E-state index contributed by atoms with van der Waals surface area (Å²) in [5, 5.41) is 4.39. The predicted octanol–water partition coefficient (Wildman–Crippen LogP) is 3.41. The number of anilines is 1. The second-order valence-electron chi connectivity index (χ2n) is 8.26. The normalized spacial score (nSPS) is 19.4. The standard InChI is InChI=1S/C23H27N5O/c29-23(24-10-9-17-13-25-20-6-2-1-5-19(17)20)18-4-3-11-28(14-18)22-12-21(16-7-8-16)26-15-27-22/h1-2,5-6,12-13,15-16,18,25H,3-4,7-11,14H2,(H,24,29). The van der Waals surface area contributed by atoms with E-state index in [1.807, 2.05) is 12.3 Å². The van der Waals surface area contributed by atoms with Crippen LogP contribution in [0.4, 0.5) is 5.82 Å². The van der Waals surface area contributed by atoms with Gasteiger partial charge in [-0.1, -0.05) is 18.2 Å². The summed E-state index contributed by atoms with van der Waals surface area (Å²) in [6, 6.07) is 10.4. The van der Waals surface area contributed by atoms with E-state index in [9.17, 15) is 4.79 Å². The van der Waals surface area contributed by atoms with Crippen molar-refractivity contribution in [3.8, 4) is 0 Å². The SMILES string of the molecule is O=C(NCCc1c[nH]c2ccccc12)C1CCCN(c2cc(C3CC3)ncn2)C1. The lowest BCUT2D eigenvalue weighted by Crippen LogP contribution is -2.43. The summed E-state index contributed by atoms with van der Waals surface area (Å²) in [6.07, 6.45) is 8.98. The van der Waals surface area contributed by atoms with Crippen LogP contribution in [0.3, 0.4) is 0 Å². The summed E-state index contributed by atoms with van der Waals surface area (Å²) in [5.41, 5.74) is 3.55. The number of carbonyl (C=O) groups excluding carboxylic acids is 1. The smallest absolute Gasteiger partial charge is 0.224 e.